The van der Waals surface area contributed by atoms with Crippen LogP contribution in [0.5, 0.6) is 0 Å². The number of carbonyl (C=O) groups is 2. The molecule has 1 atom stereocenters. The molecule has 148 valence electrons. The number of amides is 1. The first kappa shape index (κ1) is 19.9. The van der Waals surface area contributed by atoms with Crippen LogP contribution in [0.4, 0.5) is 4.79 Å². The van der Waals surface area contributed by atoms with Gasteiger partial charge >= 0.3 is 12.1 Å². The van der Waals surface area contributed by atoms with E-state index in [1.165, 1.54) is 4.90 Å². The van der Waals surface area contributed by atoms with Gasteiger partial charge in [-0.2, -0.15) is 0 Å². The van der Waals surface area contributed by atoms with Crippen molar-refractivity contribution >= 4 is 12.1 Å². The fraction of sp³-hybridized carbons (Fsp3) is 0.391. The summed E-state index contributed by atoms with van der Waals surface area (Å²) in [6, 6.07) is 16.9. The zero-order valence-electron chi connectivity index (χ0n) is 16.6. The zero-order chi connectivity index (χ0) is 20.4. The number of fused-ring (bicyclic) bond motifs is 1. The average molecular weight is 381 g/mol. The predicted molar refractivity (Wildman–Crippen MR) is 107 cm³/mol. The molecule has 0 spiro atoms. The van der Waals surface area contributed by atoms with E-state index in [1.807, 2.05) is 54.6 Å². The summed E-state index contributed by atoms with van der Waals surface area (Å²) in [6.07, 6.45) is 0.405. The van der Waals surface area contributed by atoms with Crippen LogP contribution in [0.2, 0.25) is 0 Å². The van der Waals surface area contributed by atoms with Gasteiger partial charge in [0, 0.05) is 6.54 Å². The molecule has 1 aliphatic rings. The Morgan fingerprint density at radius 3 is 2.21 bits per heavy atom. The van der Waals surface area contributed by atoms with Gasteiger partial charge in [-0.3, -0.25) is 4.90 Å². The summed E-state index contributed by atoms with van der Waals surface area (Å²) in [5.74, 6) is -1.02. The van der Waals surface area contributed by atoms with Gasteiger partial charge in [0.05, 0.1) is 0 Å². The lowest BCUT2D eigenvalue weighted by atomic mass is 9.65. The second-order valence-electron chi connectivity index (χ2n) is 7.88. The van der Waals surface area contributed by atoms with Crippen molar-refractivity contribution in [3.8, 4) is 0 Å². The Morgan fingerprint density at radius 2 is 1.61 bits per heavy atom. The smallest absolute Gasteiger partial charge is 0.411 e. The summed E-state index contributed by atoms with van der Waals surface area (Å²) in [6.45, 7) is 6.37. The Morgan fingerprint density at radius 1 is 1.00 bits per heavy atom. The molecule has 0 heterocycles. The van der Waals surface area contributed by atoms with Crippen LogP contribution >= 0.6 is 0 Å². The van der Waals surface area contributed by atoms with E-state index in [0.717, 1.165) is 11.1 Å². The fourth-order valence-electron chi connectivity index (χ4n) is 4.17. The van der Waals surface area contributed by atoms with Crippen LogP contribution in [0.1, 0.15) is 50.3 Å². The number of nitrogens with zero attached hydrogens (tertiary/aromatic N) is 1. The van der Waals surface area contributed by atoms with Gasteiger partial charge in [0.15, 0.2) is 5.54 Å². The van der Waals surface area contributed by atoms with Crippen molar-refractivity contribution in [2.24, 2.45) is 0 Å². The van der Waals surface area contributed by atoms with Crippen LogP contribution in [-0.4, -0.2) is 28.6 Å². The third-order valence-corrected chi connectivity index (χ3v) is 5.77. The molecule has 5 nitrogen and oxygen atoms in total. The highest BCUT2D eigenvalue weighted by atomic mass is 16.6. The highest BCUT2D eigenvalue weighted by Crippen LogP contribution is 2.48. The van der Waals surface area contributed by atoms with E-state index in [0.29, 0.717) is 18.4 Å². The molecular weight excluding hydrogens is 354 g/mol. The summed E-state index contributed by atoms with van der Waals surface area (Å²) in [5.41, 5.74) is 0.939. The molecule has 0 radical (unpaired) electrons. The van der Waals surface area contributed by atoms with E-state index in [2.05, 4.69) is 13.8 Å². The van der Waals surface area contributed by atoms with Gasteiger partial charge in [-0.05, 0) is 41.9 Å². The number of rotatable bonds is 5. The maximum Gasteiger partial charge on any atom is 0.411 e. The highest BCUT2D eigenvalue weighted by Gasteiger charge is 2.53. The van der Waals surface area contributed by atoms with Crippen molar-refractivity contribution < 1.29 is 19.4 Å². The Bertz CT molecular complexity index is 862. The summed E-state index contributed by atoms with van der Waals surface area (Å²) >= 11 is 0. The largest absolute Gasteiger partial charge is 0.479 e. The topological polar surface area (TPSA) is 66.8 Å². The Kier molecular flexibility index (Phi) is 5.45. The number of hydrogen-bond acceptors (Lipinski definition) is 3. The molecule has 0 aliphatic heterocycles. The summed E-state index contributed by atoms with van der Waals surface area (Å²) in [5, 5.41) is 10.3. The van der Waals surface area contributed by atoms with E-state index < -0.39 is 17.6 Å². The minimum Gasteiger partial charge on any atom is -0.479 e. The minimum atomic E-state index is -1.42. The highest BCUT2D eigenvalue weighted by molar-refractivity contribution is 5.87. The fourth-order valence-corrected chi connectivity index (χ4v) is 4.17. The second-order valence-corrected chi connectivity index (χ2v) is 7.88. The first-order valence-electron chi connectivity index (χ1n) is 9.64. The van der Waals surface area contributed by atoms with Crippen LogP contribution in [0, 0.1) is 0 Å². The third-order valence-electron chi connectivity index (χ3n) is 5.77. The number of aliphatic carboxylic acids is 1. The Balaban J connectivity index is 1.98. The van der Waals surface area contributed by atoms with Crippen LogP contribution in [-0.2, 0) is 27.1 Å². The molecule has 0 saturated heterocycles. The summed E-state index contributed by atoms with van der Waals surface area (Å²) in [4.78, 5) is 26.9. The van der Waals surface area contributed by atoms with Gasteiger partial charge < -0.3 is 9.84 Å². The van der Waals surface area contributed by atoms with Crippen LogP contribution in [0.25, 0.3) is 0 Å². The molecule has 2 aromatic carbocycles. The van der Waals surface area contributed by atoms with E-state index in [9.17, 15) is 14.7 Å². The normalized spacial score (nSPS) is 20.1. The molecule has 0 bridgehead atoms. The maximum absolute atomic E-state index is 13.0. The van der Waals surface area contributed by atoms with Crippen molar-refractivity contribution in [3.63, 3.8) is 0 Å². The van der Waals surface area contributed by atoms with Gasteiger partial charge in [0.1, 0.15) is 6.61 Å². The molecule has 1 unspecified atom stereocenters. The molecule has 28 heavy (non-hydrogen) atoms. The predicted octanol–water partition coefficient (Wildman–Crippen LogP) is 4.70. The number of hydrogen-bond donors (Lipinski definition) is 1. The molecule has 0 saturated carbocycles. The van der Waals surface area contributed by atoms with E-state index in [1.54, 1.807) is 6.92 Å². The number of benzene rings is 2. The summed E-state index contributed by atoms with van der Waals surface area (Å²) in [7, 11) is 0. The number of carbonyl (C=O) groups excluding carboxylic acids is 1. The molecule has 1 amide bonds. The number of ether oxygens (including phenoxy) is 1. The lowest BCUT2D eigenvalue weighted by molar-refractivity contribution is -0.153. The molecule has 2 aromatic rings. The first-order chi connectivity index (χ1) is 13.3. The Hall–Kier alpha value is -2.82. The summed E-state index contributed by atoms with van der Waals surface area (Å²) < 4.78 is 5.50. The van der Waals surface area contributed by atoms with E-state index in [4.69, 9.17) is 4.74 Å². The molecule has 1 N–H and O–H groups in total. The molecule has 1 aliphatic carbocycles. The van der Waals surface area contributed by atoms with Crippen LogP contribution in [0.3, 0.4) is 0 Å². The maximum atomic E-state index is 13.0. The Labute approximate surface area is 165 Å². The van der Waals surface area contributed by atoms with Crippen molar-refractivity contribution in [3.05, 3.63) is 71.3 Å². The van der Waals surface area contributed by atoms with Gasteiger partial charge in [0.2, 0.25) is 0 Å². The van der Waals surface area contributed by atoms with Gasteiger partial charge in [-0.25, -0.2) is 9.59 Å². The monoisotopic (exact) mass is 381 g/mol. The molecule has 0 aromatic heterocycles. The minimum absolute atomic E-state index is 0.110. The average Bonchev–Trinajstić information content (AvgIpc) is 2.69. The molecule has 5 heteroatoms. The van der Waals surface area contributed by atoms with Gasteiger partial charge in [-0.1, -0.05) is 68.4 Å². The molecule has 3 rings (SSSR count). The molecule has 0 fully saturated rings. The SMILES string of the molecule is CCN(C(=O)OCc1ccccc1)C1(C(=O)O)CCC(C)(C)c2ccccc21. The second kappa shape index (κ2) is 7.66. The van der Waals surface area contributed by atoms with E-state index >= 15 is 0 Å². The lowest BCUT2D eigenvalue weighted by Crippen LogP contribution is -2.57. The van der Waals surface area contributed by atoms with Gasteiger partial charge in [-0.15, -0.1) is 0 Å². The quantitative estimate of drug-likeness (QED) is 0.815. The third kappa shape index (κ3) is 3.37. The van der Waals surface area contributed by atoms with E-state index in [-0.39, 0.29) is 18.6 Å². The van der Waals surface area contributed by atoms with Crippen LogP contribution in [0.15, 0.2) is 54.6 Å². The van der Waals surface area contributed by atoms with Crippen molar-refractivity contribution in [1.82, 2.24) is 4.90 Å². The lowest BCUT2D eigenvalue weighted by Gasteiger charge is -2.47. The first-order valence-corrected chi connectivity index (χ1v) is 9.64. The molecular formula is C23H27NO4. The van der Waals surface area contributed by atoms with Crippen molar-refractivity contribution in [2.75, 3.05) is 6.54 Å². The van der Waals surface area contributed by atoms with Crippen LogP contribution < -0.4 is 0 Å². The van der Waals surface area contributed by atoms with Gasteiger partial charge in [0.25, 0.3) is 0 Å². The van der Waals surface area contributed by atoms with Crippen molar-refractivity contribution in [2.45, 2.75) is 51.2 Å². The zero-order valence-corrected chi connectivity index (χ0v) is 16.6. The standard InChI is InChI=1S/C23H27NO4/c1-4-24(21(27)28-16-17-10-6-5-7-11-17)23(20(25)26)15-14-22(2,3)18-12-8-9-13-19(18)23/h5-13H,4,14-16H2,1-3H3,(H,25,26). The number of carboxylic acids is 1. The number of carboxylic acid groups (broad SMARTS) is 1. The van der Waals surface area contributed by atoms with Crippen molar-refractivity contribution in [1.29, 1.82) is 0 Å². The number of likely N-dealkylation sites (N-methyl/N-ethyl adjacent to an activating group) is 1.